The summed E-state index contributed by atoms with van der Waals surface area (Å²) in [6.07, 6.45) is -4.55. The average molecular weight is 372 g/mol. The molecule has 0 spiro atoms. The molecule has 3 amide bonds. The lowest BCUT2D eigenvalue weighted by Gasteiger charge is -2.12. The van der Waals surface area contributed by atoms with Crippen LogP contribution >= 0.6 is 11.6 Å². The minimum Gasteiger partial charge on any atom is -0.355 e. The Morgan fingerprint density at radius 1 is 1.00 bits per heavy atom. The molecule has 2 rings (SSSR count). The van der Waals surface area contributed by atoms with Gasteiger partial charge in [0.25, 0.3) is 5.91 Å². The summed E-state index contributed by atoms with van der Waals surface area (Å²) in [6, 6.07) is 7.80. The van der Waals surface area contributed by atoms with Gasteiger partial charge in [-0.25, -0.2) is 4.79 Å². The van der Waals surface area contributed by atoms with E-state index in [9.17, 15) is 22.8 Å². The summed E-state index contributed by atoms with van der Waals surface area (Å²) in [6.45, 7) is 0. The van der Waals surface area contributed by atoms with Gasteiger partial charge in [0.2, 0.25) is 0 Å². The van der Waals surface area contributed by atoms with E-state index >= 15 is 0 Å². The van der Waals surface area contributed by atoms with Crippen molar-refractivity contribution in [2.24, 2.45) is 0 Å². The first-order valence-electron chi connectivity index (χ1n) is 6.97. The van der Waals surface area contributed by atoms with Gasteiger partial charge in [0, 0.05) is 18.3 Å². The topological polar surface area (TPSA) is 70.2 Å². The summed E-state index contributed by atoms with van der Waals surface area (Å²) >= 11 is 5.81. The van der Waals surface area contributed by atoms with Crippen molar-refractivity contribution in [1.29, 1.82) is 0 Å². The quantitative estimate of drug-likeness (QED) is 0.750. The number of halogens is 4. The van der Waals surface area contributed by atoms with Crippen molar-refractivity contribution < 1.29 is 22.8 Å². The highest BCUT2D eigenvalue weighted by Crippen LogP contribution is 2.33. The predicted molar refractivity (Wildman–Crippen MR) is 88.9 cm³/mol. The third kappa shape index (κ3) is 4.87. The van der Waals surface area contributed by atoms with Crippen LogP contribution in [-0.4, -0.2) is 19.0 Å². The maximum absolute atomic E-state index is 12.7. The highest BCUT2D eigenvalue weighted by molar-refractivity contribution is 6.33. The summed E-state index contributed by atoms with van der Waals surface area (Å²) in [5, 5.41) is 7.12. The molecule has 0 bridgehead atoms. The molecule has 0 heterocycles. The molecule has 25 heavy (non-hydrogen) atoms. The summed E-state index contributed by atoms with van der Waals surface area (Å²) in [7, 11) is 1.49. The number of carbonyl (C=O) groups excluding carboxylic acids is 2. The molecule has 0 radical (unpaired) electrons. The Morgan fingerprint density at radius 2 is 1.64 bits per heavy atom. The zero-order valence-corrected chi connectivity index (χ0v) is 13.6. The van der Waals surface area contributed by atoms with Gasteiger partial charge in [-0.2, -0.15) is 13.2 Å². The molecule has 0 aromatic heterocycles. The number of benzene rings is 2. The molecule has 2 aromatic rings. The van der Waals surface area contributed by atoms with E-state index in [0.717, 1.165) is 18.2 Å². The molecule has 0 saturated heterocycles. The first kappa shape index (κ1) is 18.6. The lowest BCUT2D eigenvalue weighted by molar-refractivity contribution is -0.137. The van der Waals surface area contributed by atoms with Crippen molar-refractivity contribution in [2.45, 2.75) is 6.18 Å². The molecule has 0 aliphatic carbocycles. The predicted octanol–water partition coefficient (Wildman–Crippen LogP) is 4.36. The van der Waals surface area contributed by atoms with Gasteiger partial charge < -0.3 is 16.0 Å². The third-order valence-corrected chi connectivity index (χ3v) is 3.50. The second-order valence-electron chi connectivity index (χ2n) is 4.93. The summed E-state index contributed by atoms with van der Waals surface area (Å²) in [4.78, 5) is 23.3. The molecule has 0 unspecified atom stereocenters. The van der Waals surface area contributed by atoms with E-state index in [-0.39, 0.29) is 16.6 Å². The van der Waals surface area contributed by atoms with Crippen LogP contribution in [0.1, 0.15) is 15.9 Å². The van der Waals surface area contributed by atoms with E-state index in [4.69, 9.17) is 11.6 Å². The van der Waals surface area contributed by atoms with Crippen LogP contribution in [0, 0.1) is 0 Å². The fourth-order valence-corrected chi connectivity index (χ4v) is 2.10. The first-order valence-corrected chi connectivity index (χ1v) is 7.35. The minimum atomic E-state index is -4.55. The van der Waals surface area contributed by atoms with Crippen molar-refractivity contribution >= 4 is 34.9 Å². The van der Waals surface area contributed by atoms with E-state index in [1.54, 1.807) is 0 Å². The molecular formula is C16H13ClF3N3O2. The van der Waals surface area contributed by atoms with Gasteiger partial charge in [-0.3, -0.25) is 4.79 Å². The van der Waals surface area contributed by atoms with Crippen LogP contribution in [0.5, 0.6) is 0 Å². The van der Waals surface area contributed by atoms with Crippen molar-refractivity contribution in [1.82, 2.24) is 5.32 Å². The zero-order chi connectivity index (χ0) is 18.6. The Labute approximate surface area is 146 Å². The Bertz CT molecular complexity index is 792. The SMILES string of the molecule is CNC(=O)c1ccc(NC(=O)Nc2cc(C(F)(F)F)ccc2Cl)cc1. The van der Waals surface area contributed by atoms with Gasteiger partial charge in [-0.05, 0) is 42.5 Å². The van der Waals surface area contributed by atoms with Crippen molar-refractivity contribution in [3.05, 3.63) is 58.6 Å². The summed E-state index contributed by atoms with van der Waals surface area (Å²) in [5.41, 5.74) is -0.347. The molecule has 0 saturated carbocycles. The van der Waals surface area contributed by atoms with Crippen LogP contribution in [0.3, 0.4) is 0 Å². The van der Waals surface area contributed by atoms with Crippen LogP contribution in [0.15, 0.2) is 42.5 Å². The largest absolute Gasteiger partial charge is 0.416 e. The molecule has 9 heteroatoms. The average Bonchev–Trinajstić information content (AvgIpc) is 2.55. The van der Waals surface area contributed by atoms with Gasteiger partial charge in [-0.1, -0.05) is 11.6 Å². The van der Waals surface area contributed by atoms with E-state index in [2.05, 4.69) is 16.0 Å². The Balaban J connectivity index is 2.09. The lowest BCUT2D eigenvalue weighted by Crippen LogP contribution is -2.20. The van der Waals surface area contributed by atoms with Crippen molar-refractivity contribution in [3.8, 4) is 0 Å². The first-order chi connectivity index (χ1) is 11.7. The number of rotatable bonds is 3. The molecular weight excluding hydrogens is 359 g/mol. The minimum absolute atomic E-state index is 0.0295. The lowest BCUT2D eigenvalue weighted by atomic mass is 10.2. The standard InChI is InChI=1S/C16H13ClF3N3O2/c1-21-14(24)9-2-5-11(6-3-9)22-15(25)23-13-8-10(16(18,19)20)4-7-12(13)17/h2-8H,1H3,(H,21,24)(H2,22,23,25). The number of amides is 3. The molecule has 0 atom stereocenters. The van der Waals surface area contributed by atoms with Crippen LogP contribution in [0.25, 0.3) is 0 Å². The molecule has 3 N–H and O–H groups in total. The van der Waals surface area contributed by atoms with Crippen molar-refractivity contribution in [2.75, 3.05) is 17.7 Å². The summed E-state index contributed by atoms with van der Waals surface area (Å²) in [5.74, 6) is -0.285. The smallest absolute Gasteiger partial charge is 0.355 e. The second kappa shape index (κ2) is 7.43. The summed E-state index contributed by atoms with van der Waals surface area (Å²) < 4.78 is 38.1. The highest BCUT2D eigenvalue weighted by atomic mass is 35.5. The maximum atomic E-state index is 12.7. The normalized spacial score (nSPS) is 10.9. The van der Waals surface area contributed by atoms with Gasteiger partial charge in [-0.15, -0.1) is 0 Å². The van der Waals surface area contributed by atoms with Crippen LogP contribution in [-0.2, 0) is 6.18 Å². The monoisotopic (exact) mass is 371 g/mol. The van der Waals surface area contributed by atoms with E-state index < -0.39 is 17.8 Å². The van der Waals surface area contributed by atoms with E-state index in [1.807, 2.05) is 0 Å². The second-order valence-corrected chi connectivity index (χ2v) is 5.34. The fourth-order valence-electron chi connectivity index (χ4n) is 1.93. The molecule has 132 valence electrons. The highest BCUT2D eigenvalue weighted by Gasteiger charge is 2.31. The number of hydrogen-bond donors (Lipinski definition) is 3. The number of nitrogens with one attached hydrogen (secondary N) is 3. The van der Waals surface area contributed by atoms with Crippen LogP contribution < -0.4 is 16.0 Å². The number of alkyl halides is 3. The van der Waals surface area contributed by atoms with Crippen molar-refractivity contribution in [3.63, 3.8) is 0 Å². The van der Waals surface area contributed by atoms with E-state index in [0.29, 0.717) is 11.3 Å². The van der Waals surface area contributed by atoms with Gasteiger partial charge >= 0.3 is 12.2 Å². The molecule has 0 aliphatic heterocycles. The van der Waals surface area contributed by atoms with Gasteiger partial charge in [0.15, 0.2) is 0 Å². The Morgan fingerprint density at radius 3 is 2.20 bits per heavy atom. The van der Waals surface area contributed by atoms with Crippen LogP contribution in [0.4, 0.5) is 29.3 Å². The molecule has 5 nitrogen and oxygen atoms in total. The number of anilines is 2. The Hall–Kier alpha value is -2.74. The number of urea groups is 1. The van der Waals surface area contributed by atoms with Gasteiger partial charge in [0.05, 0.1) is 16.3 Å². The fraction of sp³-hybridized carbons (Fsp3) is 0.125. The third-order valence-electron chi connectivity index (χ3n) is 3.17. The van der Waals surface area contributed by atoms with E-state index in [1.165, 1.54) is 31.3 Å². The molecule has 2 aromatic carbocycles. The number of carbonyl (C=O) groups is 2. The molecule has 0 fully saturated rings. The molecule has 0 aliphatic rings. The van der Waals surface area contributed by atoms with Gasteiger partial charge in [0.1, 0.15) is 0 Å². The number of hydrogen-bond acceptors (Lipinski definition) is 2. The Kier molecular flexibility index (Phi) is 5.53. The maximum Gasteiger partial charge on any atom is 0.416 e. The van der Waals surface area contributed by atoms with Crippen LogP contribution in [0.2, 0.25) is 5.02 Å². The zero-order valence-electron chi connectivity index (χ0n) is 12.9.